The van der Waals surface area contributed by atoms with Gasteiger partial charge in [0.25, 0.3) is 0 Å². The molecule has 0 spiro atoms. The number of aliphatic hydroxyl groups excluding tert-OH is 1. The number of aliphatic imine (C=N–C) groups is 1. The molecule has 0 aromatic rings. The van der Waals surface area contributed by atoms with Gasteiger partial charge in [-0.25, -0.2) is 0 Å². The lowest BCUT2D eigenvalue weighted by Gasteiger charge is -2.32. The molecule has 2 N–H and O–H groups in total. The van der Waals surface area contributed by atoms with E-state index in [9.17, 15) is 10.0 Å². The number of aliphatic hydroxyl groups is 1. The number of amidine groups is 1. The number of fused-ring (bicyclic) bond motifs is 1. The minimum Gasteiger partial charge on any atom is -0.391 e. The molecule has 0 radical (unpaired) electrons. The second kappa shape index (κ2) is 4.55. The normalized spacial score (nSPS) is 40.6. The van der Waals surface area contributed by atoms with E-state index in [1.165, 1.54) is 24.6 Å². The summed E-state index contributed by atoms with van der Waals surface area (Å²) >= 11 is 1.51. The summed E-state index contributed by atoms with van der Waals surface area (Å²) in [4.78, 5) is 14.7. The molecule has 1 saturated carbocycles. The monoisotopic (exact) mass is 257 g/mol. The maximum Gasteiger partial charge on any atom is 0.159 e. The fourth-order valence-electron chi connectivity index (χ4n) is 2.11. The van der Waals surface area contributed by atoms with Gasteiger partial charge in [0.15, 0.2) is 5.17 Å². The van der Waals surface area contributed by atoms with Crippen molar-refractivity contribution < 1.29 is 9.84 Å². The summed E-state index contributed by atoms with van der Waals surface area (Å²) in [6.45, 7) is 0.103. The molecule has 4 atom stereocenters. The average molecular weight is 257 g/mol. The molecule has 6 nitrogen and oxygen atoms in total. The van der Waals surface area contributed by atoms with Crippen molar-refractivity contribution in [3.8, 4) is 0 Å². The lowest BCUT2D eigenvalue weighted by atomic mass is 10.0. The smallest absolute Gasteiger partial charge is 0.159 e. The summed E-state index contributed by atoms with van der Waals surface area (Å²) in [5, 5.41) is 17.0. The molecule has 4 unspecified atom stereocenters. The average Bonchev–Trinajstić information content (AvgIpc) is 2.98. The first-order valence-electron chi connectivity index (χ1n) is 5.90. The molecule has 7 heteroatoms. The van der Waals surface area contributed by atoms with Gasteiger partial charge in [0.05, 0.1) is 12.2 Å². The van der Waals surface area contributed by atoms with Crippen LogP contribution in [0.4, 0.5) is 0 Å². The van der Waals surface area contributed by atoms with Gasteiger partial charge in [-0.1, -0.05) is 16.9 Å². The van der Waals surface area contributed by atoms with Crippen molar-refractivity contribution in [2.45, 2.75) is 49.0 Å². The molecule has 0 aromatic carbocycles. The maximum atomic E-state index is 10.2. The van der Waals surface area contributed by atoms with Gasteiger partial charge in [-0.15, -0.1) is 0 Å². The van der Waals surface area contributed by atoms with Gasteiger partial charge >= 0.3 is 0 Å². The van der Waals surface area contributed by atoms with Crippen LogP contribution in [0, 0.1) is 4.91 Å². The Bertz CT molecular complexity index is 348. The van der Waals surface area contributed by atoms with E-state index in [-0.39, 0.29) is 24.1 Å². The Kier molecular flexibility index (Phi) is 3.06. The largest absolute Gasteiger partial charge is 0.391 e. The molecule has 0 aromatic heterocycles. The van der Waals surface area contributed by atoms with Crippen LogP contribution in [0.5, 0.6) is 0 Å². The molecule has 0 amide bonds. The second-order valence-electron chi connectivity index (χ2n) is 4.70. The summed E-state index contributed by atoms with van der Waals surface area (Å²) in [6, 6.07) is 0.343. The summed E-state index contributed by atoms with van der Waals surface area (Å²) in [6.07, 6.45) is 2.01. The maximum absolute atomic E-state index is 10.2. The van der Waals surface area contributed by atoms with E-state index in [0.29, 0.717) is 12.5 Å². The number of hydrogen-bond donors (Lipinski definition) is 2. The minimum atomic E-state index is -0.536. The van der Waals surface area contributed by atoms with Crippen molar-refractivity contribution in [3.05, 3.63) is 4.91 Å². The standard InChI is InChI=1S/C10H15N3O3S/c14-7-3-6(4-11-15)16-9-8(7)13-10(17-9)12-5-1-2-5/h5-9,14H,1-4H2,(H,12,13). The van der Waals surface area contributed by atoms with Crippen LogP contribution in [0.25, 0.3) is 0 Å². The van der Waals surface area contributed by atoms with Crippen LogP contribution in [0.3, 0.4) is 0 Å². The molecular formula is C10H15N3O3S. The van der Waals surface area contributed by atoms with Gasteiger partial charge < -0.3 is 15.2 Å². The Morgan fingerprint density at radius 3 is 3.12 bits per heavy atom. The first-order chi connectivity index (χ1) is 8.26. The summed E-state index contributed by atoms with van der Waals surface area (Å²) in [5.41, 5.74) is -0.174. The fraction of sp³-hybridized carbons (Fsp3) is 0.900. The van der Waals surface area contributed by atoms with Crippen LogP contribution in [-0.4, -0.2) is 46.5 Å². The fourth-order valence-corrected chi connectivity index (χ4v) is 3.34. The van der Waals surface area contributed by atoms with Gasteiger partial charge in [-0.3, -0.25) is 4.99 Å². The highest BCUT2D eigenvalue weighted by Gasteiger charge is 2.43. The van der Waals surface area contributed by atoms with E-state index in [0.717, 1.165) is 5.17 Å². The zero-order valence-corrected chi connectivity index (χ0v) is 10.1. The highest BCUT2D eigenvalue weighted by atomic mass is 32.2. The molecule has 17 heavy (non-hydrogen) atoms. The molecule has 1 saturated heterocycles. The number of hydrogen-bond acceptors (Lipinski definition) is 7. The Morgan fingerprint density at radius 2 is 2.41 bits per heavy atom. The van der Waals surface area contributed by atoms with Crippen LogP contribution < -0.4 is 5.32 Å². The third kappa shape index (κ3) is 2.46. The Balaban J connectivity index is 1.62. The summed E-state index contributed by atoms with van der Waals surface area (Å²) in [7, 11) is 0. The van der Waals surface area contributed by atoms with E-state index in [1.54, 1.807) is 0 Å². The van der Waals surface area contributed by atoms with Crippen molar-refractivity contribution in [3.63, 3.8) is 0 Å². The van der Waals surface area contributed by atoms with E-state index >= 15 is 0 Å². The SMILES string of the molecule is O=NCC1CC(O)C2N=C(NC3CC3)SC2O1. The van der Waals surface area contributed by atoms with Gasteiger partial charge in [-0.2, -0.15) is 4.91 Å². The van der Waals surface area contributed by atoms with Gasteiger partial charge in [0, 0.05) is 12.5 Å². The summed E-state index contributed by atoms with van der Waals surface area (Å²) in [5.74, 6) is 0. The molecule has 3 aliphatic rings. The van der Waals surface area contributed by atoms with Crippen LogP contribution in [0.15, 0.2) is 10.2 Å². The highest BCUT2D eigenvalue weighted by molar-refractivity contribution is 8.14. The molecule has 2 aliphatic heterocycles. The molecule has 1 aliphatic carbocycles. The van der Waals surface area contributed by atoms with Gasteiger partial charge in [-0.05, 0) is 12.8 Å². The third-order valence-electron chi connectivity index (χ3n) is 3.18. The number of ether oxygens (including phenoxy) is 1. The Morgan fingerprint density at radius 1 is 1.59 bits per heavy atom. The second-order valence-corrected chi connectivity index (χ2v) is 5.79. The zero-order chi connectivity index (χ0) is 11.8. The van der Waals surface area contributed by atoms with Crippen molar-refractivity contribution in [1.29, 1.82) is 0 Å². The van der Waals surface area contributed by atoms with Crippen LogP contribution in [0.2, 0.25) is 0 Å². The third-order valence-corrected chi connectivity index (χ3v) is 4.25. The lowest BCUT2D eigenvalue weighted by molar-refractivity contribution is -0.0650. The molecular weight excluding hydrogens is 242 g/mol. The molecule has 2 fully saturated rings. The predicted molar refractivity (Wildman–Crippen MR) is 64.9 cm³/mol. The van der Waals surface area contributed by atoms with Crippen LogP contribution in [-0.2, 0) is 4.74 Å². The number of rotatable bonds is 3. The van der Waals surface area contributed by atoms with Crippen LogP contribution in [0.1, 0.15) is 19.3 Å². The van der Waals surface area contributed by atoms with Crippen molar-refractivity contribution in [1.82, 2.24) is 5.32 Å². The van der Waals surface area contributed by atoms with Crippen molar-refractivity contribution >= 4 is 16.9 Å². The Labute approximate surface area is 103 Å². The Hall–Kier alpha value is -0.660. The molecule has 2 heterocycles. The highest BCUT2D eigenvalue weighted by Crippen LogP contribution is 2.36. The van der Waals surface area contributed by atoms with Crippen molar-refractivity contribution in [2.75, 3.05) is 6.54 Å². The lowest BCUT2D eigenvalue weighted by Crippen LogP contribution is -2.44. The molecule has 0 bridgehead atoms. The number of nitrogens with one attached hydrogen (secondary N) is 1. The van der Waals surface area contributed by atoms with E-state index in [2.05, 4.69) is 15.5 Å². The van der Waals surface area contributed by atoms with E-state index in [1.807, 2.05) is 0 Å². The predicted octanol–water partition coefficient (Wildman–Crippen LogP) is 0.452. The van der Waals surface area contributed by atoms with Gasteiger partial charge in [0.1, 0.15) is 18.0 Å². The quantitative estimate of drug-likeness (QED) is 0.717. The van der Waals surface area contributed by atoms with Gasteiger partial charge in [0.2, 0.25) is 0 Å². The molecule has 94 valence electrons. The number of thioether (sulfide) groups is 1. The topological polar surface area (TPSA) is 83.3 Å². The first-order valence-corrected chi connectivity index (χ1v) is 6.78. The number of nitroso groups, excluding NO2 is 1. The summed E-state index contributed by atoms with van der Waals surface area (Å²) < 4.78 is 5.71. The van der Waals surface area contributed by atoms with E-state index in [4.69, 9.17) is 4.74 Å². The molecule has 3 rings (SSSR count). The van der Waals surface area contributed by atoms with Crippen molar-refractivity contribution in [2.24, 2.45) is 10.2 Å². The first kappa shape index (κ1) is 11.4. The van der Waals surface area contributed by atoms with Crippen LogP contribution >= 0.6 is 11.8 Å². The zero-order valence-electron chi connectivity index (χ0n) is 9.28. The minimum absolute atomic E-state index is 0.103. The number of nitrogens with zero attached hydrogens (tertiary/aromatic N) is 2. The van der Waals surface area contributed by atoms with E-state index < -0.39 is 6.10 Å².